The van der Waals surface area contributed by atoms with Crippen LogP contribution in [0.4, 0.5) is 23.7 Å². The van der Waals surface area contributed by atoms with Gasteiger partial charge in [0.25, 0.3) is 0 Å². The van der Waals surface area contributed by atoms with Gasteiger partial charge >= 0.3 is 12.2 Å². The number of phenols is 1. The van der Waals surface area contributed by atoms with Gasteiger partial charge in [-0.25, -0.2) is 4.79 Å². The Labute approximate surface area is 143 Å². The number of para-hydroxylation sites is 1. The Morgan fingerprint density at radius 3 is 2.36 bits per heavy atom. The second kappa shape index (κ2) is 7.46. The summed E-state index contributed by atoms with van der Waals surface area (Å²) in [6, 6.07) is 10.5. The van der Waals surface area contributed by atoms with E-state index in [0.29, 0.717) is 6.42 Å². The van der Waals surface area contributed by atoms with Crippen molar-refractivity contribution in [1.29, 1.82) is 0 Å². The third-order valence-corrected chi connectivity index (χ3v) is 3.92. The average molecular weight is 352 g/mol. The van der Waals surface area contributed by atoms with E-state index in [0.717, 1.165) is 11.6 Å². The van der Waals surface area contributed by atoms with Crippen LogP contribution in [-0.2, 0) is 12.6 Å². The van der Waals surface area contributed by atoms with E-state index in [1.807, 2.05) is 0 Å². The minimum absolute atomic E-state index is 0.145. The normalized spacial score (nSPS) is 12.5. The lowest BCUT2D eigenvalue weighted by molar-refractivity contribution is -0.136. The van der Waals surface area contributed by atoms with E-state index < -0.39 is 17.8 Å². The monoisotopic (exact) mass is 352 g/mol. The summed E-state index contributed by atoms with van der Waals surface area (Å²) in [6.07, 6.45) is -4.04. The number of rotatable bonds is 4. The number of nitrogens with one attached hydrogen (secondary N) is 1. The van der Waals surface area contributed by atoms with E-state index in [1.165, 1.54) is 30.1 Å². The summed E-state index contributed by atoms with van der Waals surface area (Å²) in [7, 11) is 1.52. The summed E-state index contributed by atoms with van der Waals surface area (Å²) in [5, 5.41) is 11.6. The van der Waals surface area contributed by atoms with Gasteiger partial charge in [-0.1, -0.05) is 24.3 Å². The molecule has 0 radical (unpaired) electrons. The number of aromatic hydroxyl groups is 1. The zero-order valence-corrected chi connectivity index (χ0v) is 13.8. The van der Waals surface area contributed by atoms with Crippen LogP contribution in [0.5, 0.6) is 5.75 Å². The number of benzene rings is 2. The highest BCUT2D eigenvalue weighted by atomic mass is 19.4. The molecular formula is C18H19F3N2O2. The van der Waals surface area contributed by atoms with Crippen molar-refractivity contribution in [3.63, 3.8) is 0 Å². The van der Waals surface area contributed by atoms with Gasteiger partial charge in [-0.3, -0.25) is 0 Å². The lowest BCUT2D eigenvalue weighted by atomic mass is 10.1. The molecule has 2 aromatic carbocycles. The number of likely N-dealkylation sites (N-methyl/N-ethyl adjacent to an activating group) is 1. The summed E-state index contributed by atoms with van der Waals surface area (Å²) in [6.45, 7) is 1.79. The van der Waals surface area contributed by atoms with Gasteiger partial charge < -0.3 is 15.3 Å². The molecule has 25 heavy (non-hydrogen) atoms. The van der Waals surface area contributed by atoms with E-state index in [9.17, 15) is 23.1 Å². The van der Waals surface area contributed by atoms with Crippen molar-refractivity contribution >= 4 is 11.7 Å². The number of urea groups is 1. The highest BCUT2D eigenvalue weighted by Crippen LogP contribution is 2.34. The minimum atomic E-state index is -4.54. The molecule has 0 aromatic heterocycles. The molecule has 0 spiro atoms. The summed E-state index contributed by atoms with van der Waals surface area (Å²) < 4.78 is 39.0. The van der Waals surface area contributed by atoms with Crippen molar-refractivity contribution in [2.75, 3.05) is 12.4 Å². The smallest absolute Gasteiger partial charge is 0.418 e. The fraction of sp³-hybridized carbons (Fsp3) is 0.278. The molecule has 2 amide bonds. The van der Waals surface area contributed by atoms with Crippen LogP contribution in [0.3, 0.4) is 0 Å². The third kappa shape index (κ3) is 4.89. The van der Waals surface area contributed by atoms with Crippen LogP contribution in [-0.4, -0.2) is 29.1 Å². The molecule has 1 atom stereocenters. The SMILES string of the molecule is C[C@@H](Cc1ccc(O)cc1)N(C)C(=O)Nc1ccccc1C(F)(F)F. The second-order valence-corrected chi connectivity index (χ2v) is 5.80. The van der Waals surface area contributed by atoms with E-state index in [4.69, 9.17) is 0 Å². The number of alkyl halides is 3. The number of carbonyl (C=O) groups excluding carboxylic acids is 1. The molecule has 7 heteroatoms. The van der Waals surface area contributed by atoms with E-state index in [-0.39, 0.29) is 17.5 Å². The summed E-state index contributed by atoms with van der Waals surface area (Å²) in [5.74, 6) is 0.145. The molecule has 134 valence electrons. The standard InChI is InChI=1S/C18H19F3N2O2/c1-12(11-13-7-9-14(24)10-8-13)23(2)17(25)22-16-6-4-3-5-15(16)18(19,20)21/h3-10,12,24H,11H2,1-2H3,(H,22,25)/t12-/m0/s1. The molecule has 0 saturated carbocycles. The zero-order valence-electron chi connectivity index (χ0n) is 13.8. The van der Waals surface area contributed by atoms with E-state index in [2.05, 4.69) is 5.32 Å². The number of hydrogen-bond acceptors (Lipinski definition) is 2. The first-order valence-electron chi connectivity index (χ1n) is 7.66. The van der Waals surface area contributed by atoms with Crippen LogP contribution in [0.1, 0.15) is 18.1 Å². The van der Waals surface area contributed by atoms with Crippen LogP contribution in [0, 0.1) is 0 Å². The fourth-order valence-corrected chi connectivity index (χ4v) is 2.35. The Morgan fingerprint density at radius 1 is 1.16 bits per heavy atom. The maximum atomic E-state index is 13.0. The molecule has 0 bridgehead atoms. The third-order valence-electron chi connectivity index (χ3n) is 3.92. The first kappa shape index (κ1) is 18.6. The maximum Gasteiger partial charge on any atom is 0.418 e. The Kier molecular flexibility index (Phi) is 5.56. The zero-order chi connectivity index (χ0) is 18.6. The number of halogens is 3. The number of carbonyl (C=O) groups is 1. The van der Waals surface area contributed by atoms with Gasteiger partial charge in [0, 0.05) is 13.1 Å². The maximum absolute atomic E-state index is 13.0. The van der Waals surface area contributed by atoms with Crippen molar-refractivity contribution in [3.8, 4) is 5.75 Å². The fourth-order valence-electron chi connectivity index (χ4n) is 2.35. The number of nitrogens with zero attached hydrogens (tertiary/aromatic N) is 1. The van der Waals surface area contributed by atoms with Gasteiger partial charge in [-0.05, 0) is 43.2 Å². The van der Waals surface area contributed by atoms with Crippen LogP contribution in [0.15, 0.2) is 48.5 Å². The first-order chi connectivity index (χ1) is 11.7. The average Bonchev–Trinajstić information content (AvgIpc) is 2.55. The van der Waals surface area contributed by atoms with Crippen molar-refractivity contribution in [3.05, 3.63) is 59.7 Å². The molecule has 0 unspecified atom stereocenters. The molecule has 4 nitrogen and oxygen atoms in total. The number of amides is 2. The molecule has 0 aliphatic rings. The lowest BCUT2D eigenvalue weighted by Crippen LogP contribution is -2.39. The molecule has 0 aliphatic heterocycles. The highest BCUT2D eigenvalue weighted by Gasteiger charge is 2.33. The molecule has 0 aliphatic carbocycles. The van der Waals surface area contributed by atoms with Crippen molar-refractivity contribution in [1.82, 2.24) is 4.90 Å². The van der Waals surface area contributed by atoms with Crippen LogP contribution < -0.4 is 5.32 Å². The molecule has 2 N–H and O–H groups in total. The van der Waals surface area contributed by atoms with E-state index >= 15 is 0 Å². The van der Waals surface area contributed by atoms with Crippen molar-refractivity contribution in [2.24, 2.45) is 0 Å². The summed E-state index contributed by atoms with van der Waals surface area (Å²) in [4.78, 5) is 13.6. The summed E-state index contributed by atoms with van der Waals surface area (Å²) >= 11 is 0. The minimum Gasteiger partial charge on any atom is -0.508 e. The summed E-state index contributed by atoms with van der Waals surface area (Å²) in [5.41, 5.74) is -0.257. The second-order valence-electron chi connectivity index (χ2n) is 5.80. The number of hydrogen-bond donors (Lipinski definition) is 2. The van der Waals surface area contributed by atoms with Gasteiger partial charge in [0.1, 0.15) is 5.75 Å². The van der Waals surface area contributed by atoms with Gasteiger partial charge in [0.2, 0.25) is 0 Å². The molecule has 0 heterocycles. The quantitative estimate of drug-likeness (QED) is 0.851. The predicted octanol–water partition coefficient (Wildman–Crippen LogP) is 4.51. The Balaban J connectivity index is 2.06. The molecule has 0 fully saturated rings. The topological polar surface area (TPSA) is 52.6 Å². The van der Waals surface area contributed by atoms with Crippen molar-refractivity contribution < 1.29 is 23.1 Å². The highest BCUT2D eigenvalue weighted by molar-refractivity contribution is 5.90. The number of anilines is 1. The van der Waals surface area contributed by atoms with Crippen LogP contribution in [0.25, 0.3) is 0 Å². The Hall–Kier alpha value is -2.70. The number of phenolic OH excluding ortho intramolecular Hbond substituents is 1. The van der Waals surface area contributed by atoms with Crippen LogP contribution in [0.2, 0.25) is 0 Å². The predicted molar refractivity (Wildman–Crippen MR) is 89.5 cm³/mol. The van der Waals surface area contributed by atoms with Gasteiger partial charge in [-0.2, -0.15) is 13.2 Å². The van der Waals surface area contributed by atoms with Crippen LogP contribution >= 0.6 is 0 Å². The van der Waals surface area contributed by atoms with Crippen molar-refractivity contribution in [2.45, 2.75) is 25.6 Å². The molecule has 2 rings (SSSR count). The molecule has 2 aromatic rings. The van der Waals surface area contributed by atoms with E-state index in [1.54, 1.807) is 31.2 Å². The Morgan fingerprint density at radius 2 is 1.76 bits per heavy atom. The Bertz CT molecular complexity index is 730. The lowest BCUT2D eigenvalue weighted by Gasteiger charge is -2.26. The largest absolute Gasteiger partial charge is 0.508 e. The molecule has 0 saturated heterocycles. The first-order valence-corrected chi connectivity index (χ1v) is 7.66. The van der Waals surface area contributed by atoms with Gasteiger partial charge in [0.15, 0.2) is 0 Å². The van der Waals surface area contributed by atoms with Gasteiger partial charge in [0.05, 0.1) is 11.3 Å². The molecular weight excluding hydrogens is 333 g/mol. The van der Waals surface area contributed by atoms with Gasteiger partial charge in [-0.15, -0.1) is 0 Å².